The Morgan fingerprint density at radius 1 is 1.33 bits per heavy atom. The number of carbonyl (C=O) groups excluding carboxylic acids is 2. The smallest absolute Gasteiger partial charge is 0.337 e. The van der Waals surface area contributed by atoms with E-state index in [0.717, 1.165) is 5.56 Å². The Labute approximate surface area is 130 Å². The predicted molar refractivity (Wildman–Crippen MR) is 86.4 cm³/mol. The van der Waals surface area contributed by atoms with Crippen molar-refractivity contribution in [1.29, 1.82) is 0 Å². The fourth-order valence-electron chi connectivity index (χ4n) is 1.67. The molecule has 21 heavy (non-hydrogen) atoms. The van der Waals surface area contributed by atoms with Gasteiger partial charge in [0.05, 0.1) is 17.9 Å². The van der Waals surface area contributed by atoms with Crippen molar-refractivity contribution in [2.75, 3.05) is 7.11 Å². The molecule has 1 aromatic carbocycles. The summed E-state index contributed by atoms with van der Waals surface area (Å²) in [6, 6.07) is 7.28. The van der Waals surface area contributed by atoms with Crippen LogP contribution in [0.15, 0.2) is 24.3 Å². The van der Waals surface area contributed by atoms with E-state index in [2.05, 4.69) is 5.32 Å². The second-order valence-electron chi connectivity index (χ2n) is 5.88. The zero-order valence-corrected chi connectivity index (χ0v) is 14.0. The van der Waals surface area contributed by atoms with Gasteiger partial charge in [-0.05, 0) is 45.4 Å². The second-order valence-corrected chi connectivity index (χ2v) is 7.21. The predicted octanol–water partition coefficient (Wildman–Crippen LogP) is 3.01. The molecule has 0 aliphatic rings. The Kier molecular flexibility index (Phi) is 6.27. The van der Waals surface area contributed by atoms with Gasteiger partial charge in [0.25, 0.3) is 0 Å². The standard InChI is InChI=1S/C16H23NO3S/c1-11(14(18)17-16(2,3)4)21-10-12-7-6-8-13(9-12)15(19)20-5/h6-9,11H,10H2,1-5H3,(H,17,18). The van der Waals surface area contributed by atoms with E-state index in [1.54, 1.807) is 23.9 Å². The molecule has 0 aromatic heterocycles. The molecule has 0 spiro atoms. The zero-order valence-electron chi connectivity index (χ0n) is 13.2. The van der Waals surface area contributed by atoms with Gasteiger partial charge in [0.1, 0.15) is 0 Å². The molecule has 0 aliphatic carbocycles. The number of esters is 1. The summed E-state index contributed by atoms with van der Waals surface area (Å²) >= 11 is 1.54. The lowest BCUT2D eigenvalue weighted by atomic mass is 10.1. The molecule has 0 radical (unpaired) electrons. The molecule has 5 heteroatoms. The molecule has 1 unspecified atom stereocenters. The van der Waals surface area contributed by atoms with Crippen LogP contribution in [-0.4, -0.2) is 29.8 Å². The van der Waals surface area contributed by atoms with Gasteiger partial charge in [-0.1, -0.05) is 12.1 Å². The highest BCUT2D eigenvalue weighted by atomic mass is 32.2. The SMILES string of the molecule is COC(=O)c1cccc(CSC(C)C(=O)NC(C)(C)C)c1. The first-order valence-electron chi connectivity index (χ1n) is 6.84. The molecule has 1 atom stereocenters. The average molecular weight is 309 g/mol. The third-order valence-corrected chi connectivity index (χ3v) is 3.93. The number of hydrogen-bond acceptors (Lipinski definition) is 4. The largest absolute Gasteiger partial charge is 0.465 e. The van der Waals surface area contributed by atoms with Crippen LogP contribution >= 0.6 is 11.8 Å². The normalized spacial score (nSPS) is 12.6. The minimum Gasteiger partial charge on any atom is -0.465 e. The summed E-state index contributed by atoms with van der Waals surface area (Å²) in [5.41, 5.74) is 1.30. The molecular weight excluding hydrogens is 286 g/mol. The van der Waals surface area contributed by atoms with Gasteiger partial charge in [-0.25, -0.2) is 4.79 Å². The van der Waals surface area contributed by atoms with E-state index in [1.807, 2.05) is 39.8 Å². The van der Waals surface area contributed by atoms with E-state index in [0.29, 0.717) is 11.3 Å². The lowest BCUT2D eigenvalue weighted by molar-refractivity contribution is -0.121. The fourth-order valence-corrected chi connectivity index (χ4v) is 2.51. The van der Waals surface area contributed by atoms with Crippen LogP contribution in [0, 0.1) is 0 Å². The van der Waals surface area contributed by atoms with Crippen molar-refractivity contribution in [1.82, 2.24) is 5.32 Å². The molecule has 1 aromatic rings. The number of benzene rings is 1. The maximum atomic E-state index is 12.0. The summed E-state index contributed by atoms with van der Waals surface area (Å²) < 4.78 is 4.70. The summed E-state index contributed by atoms with van der Waals surface area (Å²) in [5.74, 6) is 0.348. The molecule has 0 bridgehead atoms. The molecule has 1 amide bonds. The fraction of sp³-hybridized carbons (Fsp3) is 0.500. The van der Waals surface area contributed by atoms with Crippen LogP contribution < -0.4 is 5.32 Å². The van der Waals surface area contributed by atoms with Crippen LogP contribution in [0.25, 0.3) is 0 Å². The van der Waals surface area contributed by atoms with Gasteiger partial charge >= 0.3 is 5.97 Å². The molecule has 0 fully saturated rings. The first-order chi connectivity index (χ1) is 9.73. The van der Waals surface area contributed by atoms with E-state index in [1.165, 1.54) is 7.11 Å². The number of methoxy groups -OCH3 is 1. The highest BCUT2D eigenvalue weighted by Crippen LogP contribution is 2.19. The Bertz CT molecular complexity index is 508. The minimum absolute atomic E-state index is 0.0247. The summed E-state index contributed by atoms with van der Waals surface area (Å²) in [6.07, 6.45) is 0. The van der Waals surface area contributed by atoms with E-state index in [4.69, 9.17) is 4.74 Å². The highest BCUT2D eigenvalue weighted by Gasteiger charge is 2.19. The molecule has 0 aliphatic heterocycles. The summed E-state index contributed by atoms with van der Waals surface area (Å²) in [5, 5.41) is 2.81. The van der Waals surface area contributed by atoms with Gasteiger partial charge in [-0.15, -0.1) is 11.8 Å². The number of carbonyl (C=O) groups is 2. The van der Waals surface area contributed by atoms with E-state index < -0.39 is 0 Å². The summed E-state index contributed by atoms with van der Waals surface area (Å²) in [6.45, 7) is 7.77. The number of nitrogens with one attached hydrogen (secondary N) is 1. The van der Waals surface area contributed by atoms with E-state index in [9.17, 15) is 9.59 Å². The maximum absolute atomic E-state index is 12.0. The number of amides is 1. The van der Waals surface area contributed by atoms with Crippen LogP contribution in [0.2, 0.25) is 0 Å². The second kappa shape index (κ2) is 7.50. The lowest BCUT2D eigenvalue weighted by Crippen LogP contribution is -2.44. The van der Waals surface area contributed by atoms with Crippen molar-refractivity contribution in [3.05, 3.63) is 35.4 Å². The van der Waals surface area contributed by atoms with Crippen molar-refractivity contribution >= 4 is 23.6 Å². The molecule has 0 saturated heterocycles. The number of rotatable bonds is 5. The summed E-state index contributed by atoms with van der Waals surface area (Å²) in [4.78, 5) is 23.5. The van der Waals surface area contributed by atoms with E-state index >= 15 is 0 Å². The third kappa shape index (κ3) is 6.21. The Balaban J connectivity index is 2.59. The van der Waals surface area contributed by atoms with Crippen molar-refractivity contribution in [3.8, 4) is 0 Å². The van der Waals surface area contributed by atoms with Gasteiger partial charge in [0.2, 0.25) is 5.91 Å². The monoisotopic (exact) mass is 309 g/mol. The molecule has 116 valence electrons. The Morgan fingerprint density at radius 3 is 2.57 bits per heavy atom. The number of ether oxygens (including phenoxy) is 1. The maximum Gasteiger partial charge on any atom is 0.337 e. The lowest BCUT2D eigenvalue weighted by Gasteiger charge is -2.23. The van der Waals surface area contributed by atoms with Crippen LogP contribution in [0.5, 0.6) is 0 Å². The van der Waals surface area contributed by atoms with Gasteiger partial charge in [-0.3, -0.25) is 4.79 Å². The Hall–Kier alpha value is -1.49. The number of thioether (sulfide) groups is 1. The van der Waals surface area contributed by atoms with Crippen LogP contribution in [0.1, 0.15) is 43.6 Å². The number of hydrogen-bond donors (Lipinski definition) is 1. The molecular formula is C16H23NO3S. The molecule has 1 N–H and O–H groups in total. The quantitative estimate of drug-likeness (QED) is 0.850. The van der Waals surface area contributed by atoms with Crippen LogP contribution in [-0.2, 0) is 15.3 Å². The molecule has 0 heterocycles. The highest BCUT2D eigenvalue weighted by molar-refractivity contribution is 7.99. The third-order valence-electron chi connectivity index (χ3n) is 2.72. The average Bonchev–Trinajstić information content (AvgIpc) is 2.42. The first-order valence-corrected chi connectivity index (χ1v) is 7.88. The van der Waals surface area contributed by atoms with Crippen molar-refractivity contribution in [2.24, 2.45) is 0 Å². The van der Waals surface area contributed by atoms with Crippen molar-refractivity contribution in [2.45, 2.75) is 44.2 Å². The van der Waals surface area contributed by atoms with Gasteiger partial charge in [-0.2, -0.15) is 0 Å². The van der Waals surface area contributed by atoms with Gasteiger partial charge < -0.3 is 10.1 Å². The Morgan fingerprint density at radius 2 is 2.00 bits per heavy atom. The first kappa shape index (κ1) is 17.6. The van der Waals surface area contributed by atoms with Gasteiger partial charge in [0.15, 0.2) is 0 Å². The summed E-state index contributed by atoms with van der Waals surface area (Å²) in [7, 11) is 1.36. The molecule has 4 nitrogen and oxygen atoms in total. The minimum atomic E-state index is -0.347. The molecule has 1 rings (SSSR count). The van der Waals surface area contributed by atoms with E-state index in [-0.39, 0.29) is 22.7 Å². The zero-order chi connectivity index (χ0) is 16.0. The van der Waals surface area contributed by atoms with Crippen LogP contribution in [0.4, 0.5) is 0 Å². The topological polar surface area (TPSA) is 55.4 Å². The van der Waals surface area contributed by atoms with Gasteiger partial charge in [0, 0.05) is 11.3 Å². The van der Waals surface area contributed by atoms with Crippen molar-refractivity contribution < 1.29 is 14.3 Å². The van der Waals surface area contributed by atoms with Crippen LogP contribution in [0.3, 0.4) is 0 Å². The molecule has 0 saturated carbocycles. The van der Waals surface area contributed by atoms with Crippen molar-refractivity contribution in [3.63, 3.8) is 0 Å².